The summed E-state index contributed by atoms with van der Waals surface area (Å²) in [5.41, 5.74) is 6.73. The van der Waals surface area contributed by atoms with Crippen molar-refractivity contribution in [2.24, 2.45) is 0 Å². The summed E-state index contributed by atoms with van der Waals surface area (Å²) in [6, 6.07) is 18.9. The van der Waals surface area contributed by atoms with Gasteiger partial charge in [0.1, 0.15) is 11.8 Å². The van der Waals surface area contributed by atoms with Crippen LogP contribution in [0.25, 0.3) is 33.3 Å². The fourth-order valence-electron chi connectivity index (χ4n) is 3.92. The Labute approximate surface area is 153 Å². The molecule has 3 aromatic heterocycles. The normalized spacial score (nSPS) is 15.5. The highest BCUT2D eigenvalue weighted by Crippen LogP contribution is 2.40. The zero-order valence-corrected chi connectivity index (χ0v) is 14.1. The van der Waals surface area contributed by atoms with Crippen LogP contribution in [0.4, 0.5) is 0 Å². The molecule has 2 aromatic carbocycles. The van der Waals surface area contributed by atoms with Gasteiger partial charge >= 0.3 is 0 Å². The number of benzene rings is 2. The third-order valence-electron chi connectivity index (χ3n) is 5.12. The van der Waals surface area contributed by atoms with Crippen molar-refractivity contribution in [1.82, 2.24) is 14.6 Å². The molecule has 0 spiro atoms. The van der Waals surface area contributed by atoms with Gasteiger partial charge in [0.25, 0.3) is 5.56 Å². The maximum Gasteiger partial charge on any atom is 0.280 e. The van der Waals surface area contributed by atoms with Crippen LogP contribution in [0.15, 0.2) is 76.1 Å². The summed E-state index contributed by atoms with van der Waals surface area (Å²) in [5, 5.41) is 1.65. The number of hydrogen-bond donors (Lipinski definition) is 2. The number of furan rings is 1. The van der Waals surface area contributed by atoms with Crippen LogP contribution in [0, 0.1) is 0 Å². The lowest BCUT2D eigenvalue weighted by Gasteiger charge is -2.27. The van der Waals surface area contributed by atoms with E-state index in [9.17, 15) is 4.79 Å². The van der Waals surface area contributed by atoms with E-state index >= 15 is 0 Å². The molecule has 6 heteroatoms. The van der Waals surface area contributed by atoms with Crippen molar-refractivity contribution in [2.75, 3.05) is 5.43 Å². The fraction of sp³-hybridized carbons (Fsp3) is 0.0476. The Morgan fingerprint density at radius 2 is 1.78 bits per heavy atom. The fourth-order valence-corrected chi connectivity index (χ4v) is 3.92. The van der Waals surface area contributed by atoms with Crippen LogP contribution < -0.4 is 11.0 Å². The number of rotatable bonds is 1. The number of nitrogens with zero attached hydrogens (tertiary/aromatic N) is 2. The van der Waals surface area contributed by atoms with E-state index < -0.39 is 0 Å². The molecule has 1 atom stereocenters. The molecule has 0 amide bonds. The summed E-state index contributed by atoms with van der Waals surface area (Å²) in [7, 11) is 0. The highest BCUT2D eigenvalue weighted by Gasteiger charge is 2.32. The van der Waals surface area contributed by atoms with Gasteiger partial charge in [-0.05, 0) is 30.3 Å². The average Bonchev–Trinajstić information content (AvgIpc) is 3.36. The van der Waals surface area contributed by atoms with Crippen LogP contribution in [0.1, 0.15) is 17.4 Å². The third-order valence-corrected chi connectivity index (χ3v) is 5.12. The minimum absolute atomic E-state index is 0.128. The first kappa shape index (κ1) is 14.4. The number of H-pyrrole nitrogens is 1. The molecule has 6 nitrogen and oxygen atoms in total. The average molecular weight is 354 g/mol. The molecule has 1 aliphatic rings. The van der Waals surface area contributed by atoms with Gasteiger partial charge in [0, 0.05) is 16.5 Å². The van der Waals surface area contributed by atoms with E-state index in [-0.39, 0.29) is 11.6 Å². The lowest BCUT2D eigenvalue weighted by Crippen LogP contribution is -2.37. The Morgan fingerprint density at radius 1 is 0.963 bits per heavy atom. The van der Waals surface area contributed by atoms with Crippen molar-refractivity contribution in [3.05, 3.63) is 88.6 Å². The van der Waals surface area contributed by atoms with Gasteiger partial charge in [0.15, 0.2) is 5.82 Å². The molecular formula is C21H14N4O2. The van der Waals surface area contributed by atoms with E-state index in [4.69, 9.17) is 9.40 Å². The third kappa shape index (κ3) is 1.89. The first-order valence-electron chi connectivity index (χ1n) is 8.74. The van der Waals surface area contributed by atoms with Gasteiger partial charge in [-0.1, -0.05) is 30.3 Å². The number of nitrogens with one attached hydrogen (secondary N) is 2. The predicted octanol–water partition coefficient (Wildman–Crippen LogP) is 3.78. The Bertz CT molecular complexity index is 1380. The number of para-hydroxylation sites is 2. The van der Waals surface area contributed by atoms with Crippen molar-refractivity contribution in [2.45, 2.75) is 6.04 Å². The van der Waals surface area contributed by atoms with Crippen LogP contribution in [0.5, 0.6) is 0 Å². The number of hydrogen-bond acceptors (Lipinski definition) is 4. The molecule has 27 heavy (non-hydrogen) atoms. The first-order chi connectivity index (χ1) is 13.3. The number of fused-ring (bicyclic) bond motifs is 6. The molecule has 0 saturated carbocycles. The van der Waals surface area contributed by atoms with Gasteiger partial charge in [0.05, 0.1) is 22.9 Å². The summed E-state index contributed by atoms with van der Waals surface area (Å²) < 4.78 is 7.20. The van der Waals surface area contributed by atoms with Crippen LogP contribution in [-0.2, 0) is 0 Å². The van der Waals surface area contributed by atoms with E-state index in [1.807, 2.05) is 48.5 Å². The van der Waals surface area contributed by atoms with Crippen molar-refractivity contribution < 1.29 is 4.42 Å². The smallest absolute Gasteiger partial charge is 0.280 e. The molecule has 0 aliphatic carbocycles. The van der Waals surface area contributed by atoms with Gasteiger partial charge in [-0.2, -0.15) is 0 Å². The molecule has 0 radical (unpaired) electrons. The maximum absolute atomic E-state index is 13.1. The Balaban J connectivity index is 1.75. The van der Waals surface area contributed by atoms with Gasteiger partial charge in [-0.25, -0.2) is 9.66 Å². The van der Waals surface area contributed by atoms with Crippen molar-refractivity contribution in [3.63, 3.8) is 0 Å². The maximum atomic E-state index is 13.1. The standard InChI is InChI=1S/C21H14N4O2/c26-21-13-7-2-4-9-15(13)23-20-19-17(12-6-1-3-8-14(12)22-19)18(24-25(20)21)16-10-5-11-27-16/h1-11,18,22,24H. The number of aromatic nitrogens is 3. The largest absolute Gasteiger partial charge is 0.467 e. The second kappa shape index (κ2) is 5.11. The summed E-state index contributed by atoms with van der Waals surface area (Å²) in [5.74, 6) is 1.32. The molecule has 0 saturated heterocycles. The van der Waals surface area contributed by atoms with Crippen LogP contribution >= 0.6 is 0 Å². The van der Waals surface area contributed by atoms with E-state index in [1.165, 1.54) is 4.68 Å². The highest BCUT2D eigenvalue weighted by atomic mass is 16.3. The minimum Gasteiger partial charge on any atom is -0.467 e. The Morgan fingerprint density at radius 3 is 2.63 bits per heavy atom. The van der Waals surface area contributed by atoms with E-state index in [0.717, 1.165) is 27.9 Å². The topological polar surface area (TPSA) is 75.8 Å². The molecule has 5 aromatic rings. The van der Waals surface area contributed by atoms with Crippen molar-refractivity contribution in [3.8, 4) is 11.5 Å². The van der Waals surface area contributed by atoms with Gasteiger partial charge in [-0.15, -0.1) is 0 Å². The zero-order chi connectivity index (χ0) is 18.0. The highest BCUT2D eigenvalue weighted by molar-refractivity contribution is 5.92. The molecular weight excluding hydrogens is 340 g/mol. The van der Waals surface area contributed by atoms with Crippen molar-refractivity contribution >= 4 is 21.8 Å². The zero-order valence-electron chi connectivity index (χ0n) is 14.1. The molecule has 6 rings (SSSR count). The van der Waals surface area contributed by atoms with E-state index in [0.29, 0.717) is 16.7 Å². The van der Waals surface area contributed by atoms with E-state index in [2.05, 4.69) is 16.5 Å². The lowest BCUT2D eigenvalue weighted by atomic mass is 9.99. The molecule has 0 bridgehead atoms. The SMILES string of the molecule is O=c1c2ccccc2nc2n1NC(c1ccco1)c1c-2[nH]c2ccccc12. The Kier molecular flexibility index (Phi) is 2.72. The summed E-state index contributed by atoms with van der Waals surface area (Å²) in [6.07, 6.45) is 1.64. The molecule has 4 heterocycles. The first-order valence-corrected chi connectivity index (χ1v) is 8.74. The summed E-state index contributed by atoms with van der Waals surface area (Å²) >= 11 is 0. The lowest BCUT2D eigenvalue weighted by molar-refractivity contribution is 0.484. The predicted molar refractivity (Wildman–Crippen MR) is 103 cm³/mol. The molecule has 1 aliphatic heterocycles. The van der Waals surface area contributed by atoms with Gasteiger partial charge in [-0.3, -0.25) is 4.79 Å². The number of aromatic amines is 1. The van der Waals surface area contributed by atoms with Gasteiger partial charge in [0.2, 0.25) is 0 Å². The Hall–Kier alpha value is -3.80. The minimum atomic E-state index is -0.292. The molecule has 1 unspecified atom stereocenters. The molecule has 0 fully saturated rings. The second-order valence-corrected chi connectivity index (χ2v) is 6.63. The second-order valence-electron chi connectivity index (χ2n) is 6.63. The van der Waals surface area contributed by atoms with Crippen molar-refractivity contribution in [1.29, 1.82) is 0 Å². The van der Waals surface area contributed by atoms with Gasteiger partial charge < -0.3 is 14.8 Å². The molecule has 2 N–H and O–H groups in total. The van der Waals surface area contributed by atoms with Crippen LogP contribution in [-0.4, -0.2) is 14.6 Å². The van der Waals surface area contributed by atoms with E-state index in [1.54, 1.807) is 12.3 Å². The quantitative estimate of drug-likeness (QED) is 0.480. The van der Waals surface area contributed by atoms with Crippen LogP contribution in [0.3, 0.4) is 0 Å². The molecule has 130 valence electrons. The summed E-state index contributed by atoms with van der Waals surface area (Å²) in [4.78, 5) is 21.3. The summed E-state index contributed by atoms with van der Waals surface area (Å²) in [6.45, 7) is 0. The van der Waals surface area contributed by atoms with Crippen LogP contribution in [0.2, 0.25) is 0 Å². The monoisotopic (exact) mass is 354 g/mol.